The number of benzene rings is 1. The molecule has 1 aromatic rings. The summed E-state index contributed by atoms with van der Waals surface area (Å²) in [5.41, 5.74) is 4.00. The van der Waals surface area contributed by atoms with Crippen molar-refractivity contribution in [1.82, 2.24) is 14.7 Å². The first kappa shape index (κ1) is 18.7. The van der Waals surface area contributed by atoms with Crippen LogP contribution in [0.3, 0.4) is 0 Å². The molecule has 3 aliphatic rings. The Kier molecular flexibility index (Phi) is 5.66. The summed E-state index contributed by atoms with van der Waals surface area (Å²) in [5, 5.41) is 0. The molecule has 0 spiro atoms. The quantitative estimate of drug-likeness (QED) is 0.764. The molecule has 0 aromatic heterocycles. The summed E-state index contributed by atoms with van der Waals surface area (Å²) in [6.45, 7) is 12.4. The van der Waals surface area contributed by atoms with E-state index in [-0.39, 0.29) is 18.2 Å². The van der Waals surface area contributed by atoms with Crippen LogP contribution >= 0.6 is 0 Å². The monoisotopic (exact) mass is 373 g/mol. The van der Waals surface area contributed by atoms with Crippen LogP contribution in [0.4, 0.5) is 4.79 Å². The van der Waals surface area contributed by atoms with Crippen LogP contribution in [-0.4, -0.2) is 85.4 Å². The van der Waals surface area contributed by atoms with Crippen LogP contribution in [-0.2, 0) is 16.0 Å². The lowest BCUT2D eigenvalue weighted by Crippen LogP contribution is -2.41. The summed E-state index contributed by atoms with van der Waals surface area (Å²) in [6, 6.07) is 6.83. The number of ether oxygens (including phenoxy) is 2. The van der Waals surface area contributed by atoms with Gasteiger partial charge in [0.25, 0.3) is 0 Å². The Morgan fingerprint density at radius 2 is 1.89 bits per heavy atom. The van der Waals surface area contributed by atoms with Crippen molar-refractivity contribution >= 4 is 6.09 Å². The third-order valence-electron chi connectivity index (χ3n) is 6.08. The molecule has 0 aliphatic carbocycles. The lowest BCUT2D eigenvalue weighted by Gasteiger charge is -2.28. The lowest BCUT2D eigenvalue weighted by molar-refractivity contribution is 0.0362. The van der Waals surface area contributed by atoms with Gasteiger partial charge in [0, 0.05) is 45.8 Å². The number of carbonyl (C=O) groups is 1. The molecular weight excluding hydrogens is 342 g/mol. The summed E-state index contributed by atoms with van der Waals surface area (Å²) >= 11 is 0. The molecule has 0 saturated carbocycles. The van der Waals surface area contributed by atoms with E-state index in [1.165, 1.54) is 16.7 Å². The fourth-order valence-electron chi connectivity index (χ4n) is 4.47. The van der Waals surface area contributed by atoms with Gasteiger partial charge in [-0.3, -0.25) is 9.80 Å². The van der Waals surface area contributed by atoms with Gasteiger partial charge in [-0.1, -0.05) is 23.8 Å². The summed E-state index contributed by atoms with van der Waals surface area (Å²) in [5.74, 6) is 0. The molecule has 1 aromatic carbocycles. The van der Waals surface area contributed by atoms with E-state index in [2.05, 4.69) is 41.8 Å². The maximum atomic E-state index is 12.3. The average molecular weight is 373 g/mol. The van der Waals surface area contributed by atoms with Crippen molar-refractivity contribution in [3.8, 4) is 0 Å². The Morgan fingerprint density at radius 1 is 1.07 bits per heavy atom. The molecule has 0 unspecified atom stereocenters. The molecule has 6 nitrogen and oxygen atoms in total. The van der Waals surface area contributed by atoms with Crippen molar-refractivity contribution < 1.29 is 14.3 Å². The van der Waals surface area contributed by atoms with Crippen molar-refractivity contribution in [2.45, 2.75) is 39.0 Å². The molecule has 0 radical (unpaired) electrons. The Morgan fingerprint density at radius 3 is 2.70 bits per heavy atom. The van der Waals surface area contributed by atoms with Gasteiger partial charge >= 0.3 is 6.09 Å². The lowest BCUT2D eigenvalue weighted by atomic mass is 10.1. The number of fused-ring (bicyclic) bond motifs is 1. The van der Waals surface area contributed by atoms with Crippen molar-refractivity contribution in [3.05, 3.63) is 34.9 Å². The molecule has 2 atom stereocenters. The number of amides is 1. The SMILES string of the molecule is Cc1ccc(C)c(CN2C[C@H]3OC(=O)N(CCCN4CCOCC4)[C@H]3C2)c1. The summed E-state index contributed by atoms with van der Waals surface area (Å²) < 4.78 is 11.1. The van der Waals surface area contributed by atoms with E-state index in [9.17, 15) is 4.79 Å². The summed E-state index contributed by atoms with van der Waals surface area (Å²) in [4.78, 5) is 19.1. The van der Waals surface area contributed by atoms with E-state index in [0.29, 0.717) is 0 Å². The van der Waals surface area contributed by atoms with Crippen molar-refractivity contribution in [1.29, 1.82) is 0 Å². The van der Waals surface area contributed by atoms with Crippen LogP contribution in [0.25, 0.3) is 0 Å². The van der Waals surface area contributed by atoms with Gasteiger partial charge in [-0.05, 0) is 31.4 Å². The number of hydrogen-bond acceptors (Lipinski definition) is 5. The van der Waals surface area contributed by atoms with Gasteiger partial charge in [-0.2, -0.15) is 0 Å². The predicted molar refractivity (Wildman–Crippen MR) is 104 cm³/mol. The second-order valence-corrected chi connectivity index (χ2v) is 8.11. The molecule has 6 heteroatoms. The number of nitrogens with zero attached hydrogens (tertiary/aromatic N) is 3. The van der Waals surface area contributed by atoms with E-state index >= 15 is 0 Å². The second-order valence-electron chi connectivity index (χ2n) is 8.11. The standard InChI is InChI=1S/C21H31N3O3/c1-16-4-5-17(2)18(12-16)13-23-14-19-20(15-23)27-21(25)24(19)7-3-6-22-8-10-26-11-9-22/h4-5,12,19-20H,3,6-11,13-15H2,1-2H3/t19-,20+/m0/s1. The van der Waals surface area contributed by atoms with E-state index in [1.807, 2.05) is 4.90 Å². The minimum atomic E-state index is -0.127. The number of hydrogen-bond donors (Lipinski definition) is 0. The Bertz CT molecular complexity index is 675. The smallest absolute Gasteiger partial charge is 0.410 e. The van der Waals surface area contributed by atoms with Crippen LogP contribution in [0.2, 0.25) is 0 Å². The molecule has 27 heavy (non-hydrogen) atoms. The molecule has 3 heterocycles. The molecule has 0 N–H and O–H groups in total. The number of carbonyl (C=O) groups excluding carboxylic acids is 1. The van der Waals surface area contributed by atoms with E-state index in [4.69, 9.17) is 9.47 Å². The fourth-order valence-corrected chi connectivity index (χ4v) is 4.47. The highest BCUT2D eigenvalue weighted by Gasteiger charge is 2.47. The first-order valence-electron chi connectivity index (χ1n) is 10.2. The average Bonchev–Trinajstić information content (AvgIpc) is 3.16. The maximum Gasteiger partial charge on any atom is 0.410 e. The molecule has 3 saturated heterocycles. The van der Waals surface area contributed by atoms with Crippen LogP contribution in [0, 0.1) is 13.8 Å². The molecule has 4 rings (SSSR count). The van der Waals surface area contributed by atoms with E-state index < -0.39 is 0 Å². The van der Waals surface area contributed by atoms with Crippen LogP contribution in [0.15, 0.2) is 18.2 Å². The van der Waals surface area contributed by atoms with E-state index in [1.54, 1.807) is 0 Å². The van der Waals surface area contributed by atoms with Crippen LogP contribution in [0.1, 0.15) is 23.1 Å². The maximum absolute atomic E-state index is 12.3. The molecular formula is C21H31N3O3. The highest BCUT2D eigenvalue weighted by Crippen LogP contribution is 2.28. The van der Waals surface area contributed by atoms with E-state index in [0.717, 1.165) is 65.4 Å². The number of rotatable bonds is 6. The highest BCUT2D eigenvalue weighted by atomic mass is 16.6. The predicted octanol–water partition coefficient (Wildman–Crippen LogP) is 2.03. The normalized spacial score (nSPS) is 26.4. The Balaban J connectivity index is 1.30. The molecule has 3 aliphatic heterocycles. The minimum absolute atomic E-state index is 0.0194. The van der Waals surface area contributed by atoms with Gasteiger partial charge < -0.3 is 14.4 Å². The highest BCUT2D eigenvalue weighted by molar-refractivity contribution is 5.71. The van der Waals surface area contributed by atoms with Crippen LogP contribution in [0.5, 0.6) is 0 Å². The third-order valence-corrected chi connectivity index (χ3v) is 6.08. The first-order valence-corrected chi connectivity index (χ1v) is 10.2. The van der Waals surface area contributed by atoms with Gasteiger partial charge in [0.05, 0.1) is 19.3 Å². The molecule has 3 fully saturated rings. The summed E-state index contributed by atoms with van der Waals surface area (Å²) in [7, 11) is 0. The topological polar surface area (TPSA) is 45.2 Å². The number of likely N-dealkylation sites (tertiary alicyclic amines) is 1. The minimum Gasteiger partial charge on any atom is -0.442 e. The van der Waals surface area contributed by atoms with Gasteiger partial charge in [-0.15, -0.1) is 0 Å². The van der Waals surface area contributed by atoms with Gasteiger partial charge in [0.15, 0.2) is 0 Å². The van der Waals surface area contributed by atoms with Crippen molar-refractivity contribution in [3.63, 3.8) is 0 Å². The second kappa shape index (κ2) is 8.17. The zero-order valence-corrected chi connectivity index (χ0v) is 16.5. The first-order chi connectivity index (χ1) is 13.1. The summed E-state index contributed by atoms with van der Waals surface area (Å²) in [6.07, 6.45) is 0.888. The molecule has 1 amide bonds. The van der Waals surface area contributed by atoms with Gasteiger partial charge in [-0.25, -0.2) is 4.79 Å². The van der Waals surface area contributed by atoms with Crippen LogP contribution < -0.4 is 0 Å². The van der Waals surface area contributed by atoms with Gasteiger partial charge in [0.2, 0.25) is 0 Å². The Hall–Kier alpha value is -1.63. The zero-order valence-electron chi connectivity index (χ0n) is 16.5. The van der Waals surface area contributed by atoms with Gasteiger partial charge in [0.1, 0.15) is 6.10 Å². The third kappa shape index (κ3) is 4.28. The number of aryl methyl sites for hydroxylation is 2. The number of morpholine rings is 1. The fraction of sp³-hybridized carbons (Fsp3) is 0.667. The molecule has 148 valence electrons. The van der Waals surface area contributed by atoms with Crippen molar-refractivity contribution in [2.75, 3.05) is 52.5 Å². The zero-order chi connectivity index (χ0) is 18.8. The van der Waals surface area contributed by atoms with Crippen molar-refractivity contribution in [2.24, 2.45) is 0 Å². The largest absolute Gasteiger partial charge is 0.442 e. The Labute approximate surface area is 162 Å². The molecule has 0 bridgehead atoms.